The van der Waals surface area contributed by atoms with E-state index in [2.05, 4.69) is 20.1 Å². The lowest BCUT2D eigenvalue weighted by atomic mass is 10.1. The zero-order valence-corrected chi connectivity index (χ0v) is 23.2. The molecule has 2 heterocycles. The van der Waals surface area contributed by atoms with Crippen LogP contribution >= 0.6 is 0 Å². The van der Waals surface area contributed by atoms with Crippen LogP contribution in [0.25, 0.3) is 11.4 Å². The first-order chi connectivity index (χ1) is 20.4. The summed E-state index contributed by atoms with van der Waals surface area (Å²) in [5.74, 6) is 0.479. The number of benzene rings is 3. The van der Waals surface area contributed by atoms with E-state index in [1.54, 1.807) is 47.4 Å². The number of piperazine rings is 1. The molecule has 11 heteroatoms. The van der Waals surface area contributed by atoms with Gasteiger partial charge in [0.05, 0.1) is 7.11 Å². The number of aromatic nitrogens is 3. The fourth-order valence-corrected chi connectivity index (χ4v) is 4.76. The van der Waals surface area contributed by atoms with Gasteiger partial charge < -0.3 is 19.4 Å². The van der Waals surface area contributed by atoms with E-state index in [4.69, 9.17) is 9.47 Å². The molecule has 1 aliphatic rings. The summed E-state index contributed by atoms with van der Waals surface area (Å²) < 4.78 is 37.8. The first-order valence-corrected chi connectivity index (χ1v) is 13.6. The molecule has 5 rings (SSSR count). The standard InChI is InChI=1S/C31H31F2N5O4/c1-41-28-18-23(7-11-27(28)42-20-22-3-2-4-25(33)17-22)30-34-31(40)26(35-36-30)10-12-29(39)38-15-13-37(14-16-38)19-21-5-8-24(32)9-6-21/h2-9,11,17-18H,10,12-16,19-20H2,1H3,(H,34,36,40). The number of hydrogen-bond acceptors (Lipinski definition) is 7. The molecule has 1 fully saturated rings. The Bertz CT molecular complexity index is 1590. The lowest BCUT2D eigenvalue weighted by Gasteiger charge is -2.34. The molecule has 1 N–H and O–H groups in total. The van der Waals surface area contributed by atoms with Gasteiger partial charge in [-0.15, -0.1) is 10.2 Å². The average molecular weight is 576 g/mol. The topological polar surface area (TPSA) is 101 Å². The number of ether oxygens (including phenoxy) is 2. The number of carbonyl (C=O) groups excluding carboxylic acids is 1. The summed E-state index contributed by atoms with van der Waals surface area (Å²) in [6.45, 7) is 3.47. The highest BCUT2D eigenvalue weighted by molar-refractivity contribution is 5.76. The second-order valence-corrected chi connectivity index (χ2v) is 10.0. The van der Waals surface area contributed by atoms with Gasteiger partial charge in [0.2, 0.25) is 5.91 Å². The molecule has 9 nitrogen and oxygen atoms in total. The van der Waals surface area contributed by atoms with Gasteiger partial charge in [-0.2, -0.15) is 0 Å². The summed E-state index contributed by atoms with van der Waals surface area (Å²) in [6, 6.07) is 17.6. The molecule has 0 radical (unpaired) electrons. The van der Waals surface area contributed by atoms with Crippen molar-refractivity contribution in [3.8, 4) is 22.9 Å². The van der Waals surface area contributed by atoms with Crippen molar-refractivity contribution in [2.75, 3.05) is 33.3 Å². The third-order valence-corrected chi connectivity index (χ3v) is 7.11. The molecule has 0 unspecified atom stereocenters. The number of carbonyl (C=O) groups is 1. The van der Waals surface area contributed by atoms with Crippen LogP contribution in [-0.2, 0) is 24.4 Å². The maximum Gasteiger partial charge on any atom is 0.273 e. The number of methoxy groups -OCH3 is 1. The summed E-state index contributed by atoms with van der Waals surface area (Å²) in [4.78, 5) is 32.3. The van der Waals surface area contributed by atoms with Gasteiger partial charge in [-0.05, 0) is 53.6 Å². The monoisotopic (exact) mass is 575 g/mol. The molecule has 0 atom stereocenters. The van der Waals surface area contributed by atoms with Gasteiger partial charge >= 0.3 is 0 Å². The molecule has 1 aromatic heterocycles. The number of nitrogens with one attached hydrogen (secondary N) is 1. The first-order valence-electron chi connectivity index (χ1n) is 13.6. The summed E-state index contributed by atoms with van der Waals surface area (Å²) >= 11 is 0. The minimum absolute atomic E-state index is 0.0414. The van der Waals surface area contributed by atoms with Crippen LogP contribution in [0.1, 0.15) is 23.2 Å². The van der Waals surface area contributed by atoms with E-state index >= 15 is 0 Å². The molecule has 0 spiro atoms. The Kier molecular flexibility index (Phi) is 9.18. The quantitative estimate of drug-likeness (QED) is 0.305. The zero-order chi connectivity index (χ0) is 29.5. The fourth-order valence-electron chi connectivity index (χ4n) is 4.76. The summed E-state index contributed by atoms with van der Waals surface area (Å²) in [7, 11) is 1.49. The lowest BCUT2D eigenvalue weighted by molar-refractivity contribution is -0.133. The van der Waals surface area contributed by atoms with Crippen molar-refractivity contribution in [1.82, 2.24) is 25.0 Å². The van der Waals surface area contributed by atoms with Gasteiger partial charge in [0, 0.05) is 51.1 Å². The number of nitrogens with zero attached hydrogens (tertiary/aromatic N) is 4. The Morgan fingerprint density at radius 1 is 0.905 bits per heavy atom. The largest absolute Gasteiger partial charge is 0.493 e. The van der Waals surface area contributed by atoms with Crippen molar-refractivity contribution < 1.29 is 23.0 Å². The van der Waals surface area contributed by atoms with Gasteiger partial charge in [-0.25, -0.2) is 8.78 Å². The van der Waals surface area contributed by atoms with Crippen LogP contribution in [0.4, 0.5) is 8.78 Å². The molecule has 1 saturated heterocycles. The number of rotatable bonds is 10. The van der Waals surface area contributed by atoms with Crippen molar-refractivity contribution in [2.24, 2.45) is 0 Å². The lowest BCUT2D eigenvalue weighted by Crippen LogP contribution is -2.48. The molecule has 0 saturated carbocycles. The van der Waals surface area contributed by atoms with E-state index in [0.29, 0.717) is 42.3 Å². The molecule has 42 heavy (non-hydrogen) atoms. The van der Waals surface area contributed by atoms with Crippen LogP contribution in [-0.4, -0.2) is 64.2 Å². The summed E-state index contributed by atoms with van der Waals surface area (Å²) in [5.41, 5.74) is 2.04. The second kappa shape index (κ2) is 13.3. The van der Waals surface area contributed by atoms with Crippen molar-refractivity contribution in [1.29, 1.82) is 0 Å². The highest BCUT2D eigenvalue weighted by atomic mass is 19.1. The van der Waals surface area contributed by atoms with Gasteiger partial charge in [0.1, 0.15) is 23.9 Å². The van der Waals surface area contributed by atoms with Gasteiger partial charge in [0.15, 0.2) is 17.3 Å². The molecule has 3 aromatic carbocycles. The van der Waals surface area contributed by atoms with Crippen LogP contribution < -0.4 is 15.0 Å². The molecular weight excluding hydrogens is 544 g/mol. The van der Waals surface area contributed by atoms with Crippen LogP contribution in [0.3, 0.4) is 0 Å². The highest BCUT2D eigenvalue weighted by Gasteiger charge is 2.22. The van der Waals surface area contributed by atoms with Crippen LogP contribution in [0, 0.1) is 11.6 Å². The number of aryl methyl sites for hydroxylation is 1. The van der Waals surface area contributed by atoms with Crippen LogP contribution in [0.5, 0.6) is 11.5 Å². The van der Waals surface area contributed by atoms with Crippen LogP contribution in [0.2, 0.25) is 0 Å². The Balaban J connectivity index is 1.14. The Labute approximate surface area is 241 Å². The van der Waals surface area contributed by atoms with Crippen LogP contribution in [0.15, 0.2) is 71.5 Å². The normalized spacial score (nSPS) is 13.6. The molecule has 218 valence electrons. The first kappa shape index (κ1) is 28.9. The van der Waals surface area contributed by atoms with Gasteiger partial charge in [0.25, 0.3) is 5.56 Å². The Morgan fingerprint density at radius 3 is 2.40 bits per heavy atom. The number of halogens is 2. The van der Waals surface area contributed by atoms with E-state index in [-0.39, 0.29) is 48.5 Å². The fraction of sp³-hybridized carbons (Fsp3) is 0.290. The SMILES string of the molecule is COc1cc(-c2nnc(CCC(=O)N3CCN(Cc4ccc(F)cc4)CC3)c(=O)[nH]2)ccc1OCc1cccc(F)c1. The predicted molar refractivity (Wildman–Crippen MR) is 152 cm³/mol. The van der Waals surface area contributed by atoms with Crippen molar-refractivity contribution in [3.63, 3.8) is 0 Å². The van der Waals surface area contributed by atoms with Gasteiger partial charge in [-0.3, -0.25) is 14.5 Å². The molecule has 0 aliphatic carbocycles. The maximum absolute atomic E-state index is 13.4. The summed E-state index contributed by atoms with van der Waals surface area (Å²) in [5, 5.41) is 8.26. The van der Waals surface area contributed by atoms with E-state index in [1.165, 1.54) is 31.4 Å². The Hall–Kier alpha value is -4.64. The Morgan fingerprint density at radius 2 is 1.69 bits per heavy atom. The minimum atomic E-state index is -0.415. The number of hydrogen-bond donors (Lipinski definition) is 1. The maximum atomic E-state index is 13.4. The predicted octanol–water partition coefficient (Wildman–Crippen LogP) is 3.97. The van der Waals surface area contributed by atoms with E-state index in [1.807, 2.05) is 0 Å². The van der Waals surface area contributed by atoms with Gasteiger partial charge in [-0.1, -0.05) is 24.3 Å². The molecule has 4 aromatic rings. The van der Waals surface area contributed by atoms with E-state index in [9.17, 15) is 18.4 Å². The van der Waals surface area contributed by atoms with Crippen molar-refractivity contribution >= 4 is 5.91 Å². The second-order valence-electron chi connectivity index (χ2n) is 10.0. The highest BCUT2D eigenvalue weighted by Crippen LogP contribution is 2.31. The average Bonchev–Trinajstić information content (AvgIpc) is 3.00. The summed E-state index contributed by atoms with van der Waals surface area (Å²) in [6.07, 6.45) is 0.327. The number of aromatic amines is 1. The van der Waals surface area contributed by atoms with Crippen molar-refractivity contribution in [3.05, 3.63) is 106 Å². The third-order valence-electron chi connectivity index (χ3n) is 7.11. The van der Waals surface area contributed by atoms with Crippen molar-refractivity contribution in [2.45, 2.75) is 26.0 Å². The third kappa shape index (κ3) is 7.35. The molecule has 0 bridgehead atoms. The molecule has 1 aliphatic heterocycles. The smallest absolute Gasteiger partial charge is 0.273 e. The number of H-pyrrole nitrogens is 1. The number of amides is 1. The zero-order valence-electron chi connectivity index (χ0n) is 23.2. The molecular formula is C31H31F2N5O4. The van der Waals surface area contributed by atoms with E-state index in [0.717, 1.165) is 18.7 Å². The molecule has 1 amide bonds. The van der Waals surface area contributed by atoms with E-state index < -0.39 is 5.56 Å². The minimum Gasteiger partial charge on any atom is -0.493 e.